The summed E-state index contributed by atoms with van der Waals surface area (Å²) in [5.74, 6) is 0.508. The third-order valence-electron chi connectivity index (χ3n) is 3.37. The fraction of sp³-hybridized carbons (Fsp3) is 0.400. The van der Waals surface area contributed by atoms with Crippen LogP contribution in [0.5, 0.6) is 0 Å². The number of aromatic nitrogens is 2. The quantitative estimate of drug-likeness (QED) is 0.903. The van der Waals surface area contributed by atoms with Gasteiger partial charge < -0.3 is 9.88 Å². The van der Waals surface area contributed by atoms with Gasteiger partial charge in [-0.3, -0.25) is 10.1 Å². The summed E-state index contributed by atoms with van der Waals surface area (Å²) in [5, 5.41) is 4.69. The van der Waals surface area contributed by atoms with E-state index in [2.05, 4.69) is 22.5 Å². The normalized spacial score (nSPS) is 12.1. The predicted octanol–water partition coefficient (Wildman–Crippen LogP) is 2.01. The molecule has 1 aromatic heterocycles. The lowest BCUT2D eigenvalue weighted by Gasteiger charge is -2.16. The molecule has 0 saturated carbocycles. The number of urea groups is 1. The first kappa shape index (κ1) is 15.0. The SMILES string of the molecule is CCCc1nc2ccccc2n1C(C)C(=O)NC(=O)NC. The van der Waals surface area contributed by atoms with Crippen LogP contribution in [0.3, 0.4) is 0 Å². The highest BCUT2D eigenvalue weighted by molar-refractivity contribution is 5.96. The van der Waals surface area contributed by atoms with Crippen molar-refractivity contribution >= 4 is 23.0 Å². The Balaban J connectivity index is 2.40. The van der Waals surface area contributed by atoms with Crippen molar-refractivity contribution in [3.05, 3.63) is 30.1 Å². The van der Waals surface area contributed by atoms with Gasteiger partial charge in [0.15, 0.2) is 0 Å². The van der Waals surface area contributed by atoms with Crippen LogP contribution in [0, 0.1) is 0 Å². The van der Waals surface area contributed by atoms with E-state index in [0.29, 0.717) is 0 Å². The maximum Gasteiger partial charge on any atom is 0.321 e. The van der Waals surface area contributed by atoms with Crippen LogP contribution in [-0.2, 0) is 11.2 Å². The molecule has 6 nitrogen and oxygen atoms in total. The van der Waals surface area contributed by atoms with Gasteiger partial charge in [-0.2, -0.15) is 0 Å². The molecule has 0 radical (unpaired) electrons. The first-order chi connectivity index (χ1) is 10.1. The Morgan fingerprint density at radius 1 is 1.33 bits per heavy atom. The monoisotopic (exact) mass is 288 g/mol. The number of imidazole rings is 1. The highest BCUT2D eigenvalue weighted by atomic mass is 16.2. The van der Waals surface area contributed by atoms with Crippen LogP contribution >= 0.6 is 0 Å². The summed E-state index contributed by atoms with van der Waals surface area (Å²) < 4.78 is 1.90. The molecule has 112 valence electrons. The van der Waals surface area contributed by atoms with Crippen molar-refractivity contribution in [1.29, 1.82) is 0 Å². The van der Waals surface area contributed by atoms with E-state index in [1.807, 2.05) is 28.8 Å². The van der Waals surface area contributed by atoms with Crippen molar-refractivity contribution in [2.45, 2.75) is 32.7 Å². The molecular weight excluding hydrogens is 268 g/mol. The zero-order chi connectivity index (χ0) is 15.4. The van der Waals surface area contributed by atoms with Crippen molar-refractivity contribution in [3.63, 3.8) is 0 Å². The van der Waals surface area contributed by atoms with E-state index in [1.54, 1.807) is 6.92 Å². The number of aryl methyl sites for hydroxylation is 1. The number of nitrogens with one attached hydrogen (secondary N) is 2. The van der Waals surface area contributed by atoms with Crippen LogP contribution in [0.1, 0.15) is 32.1 Å². The zero-order valence-corrected chi connectivity index (χ0v) is 12.5. The molecule has 6 heteroatoms. The number of imide groups is 1. The highest BCUT2D eigenvalue weighted by Gasteiger charge is 2.22. The van der Waals surface area contributed by atoms with E-state index >= 15 is 0 Å². The number of benzene rings is 1. The van der Waals surface area contributed by atoms with Crippen LogP contribution in [0.2, 0.25) is 0 Å². The number of hydrogen-bond acceptors (Lipinski definition) is 3. The summed E-state index contributed by atoms with van der Waals surface area (Å²) in [6.07, 6.45) is 1.72. The largest absolute Gasteiger partial charge is 0.341 e. The van der Waals surface area contributed by atoms with Gasteiger partial charge >= 0.3 is 6.03 Å². The number of rotatable bonds is 4. The molecule has 2 aromatic rings. The molecule has 2 N–H and O–H groups in total. The highest BCUT2D eigenvalue weighted by Crippen LogP contribution is 2.22. The second kappa shape index (κ2) is 6.39. The van der Waals surface area contributed by atoms with Gasteiger partial charge in [-0.15, -0.1) is 0 Å². The Kier molecular flexibility index (Phi) is 4.57. The first-order valence-corrected chi connectivity index (χ1v) is 7.06. The summed E-state index contributed by atoms with van der Waals surface area (Å²) in [6, 6.07) is 6.69. The number of nitrogens with zero attached hydrogens (tertiary/aromatic N) is 2. The van der Waals surface area contributed by atoms with E-state index < -0.39 is 12.1 Å². The van der Waals surface area contributed by atoms with Crippen LogP contribution in [0.4, 0.5) is 4.79 Å². The fourth-order valence-corrected chi connectivity index (χ4v) is 2.32. The van der Waals surface area contributed by atoms with Gasteiger partial charge in [-0.05, 0) is 25.5 Å². The van der Waals surface area contributed by atoms with E-state index in [-0.39, 0.29) is 5.91 Å². The molecular formula is C15H20N4O2. The minimum atomic E-state index is -0.506. The predicted molar refractivity (Wildman–Crippen MR) is 81.0 cm³/mol. The number of carbonyl (C=O) groups excluding carboxylic acids is 2. The molecule has 0 aliphatic carbocycles. The van der Waals surface area contributed by atoms with Gasteiger partial charge in [0, 0.05) is 13.5 Å². The number of fused-ring (bicyclic) bond motifs is 1. The minimum absolute atomic E-state index is 0.352. The molecule has 0 aliphatic rings. The maximum absolute atomic E-state index is 12.2. The Morgan fingerprint density at radius 3 is 2.71 bits per heavy atom. The molecule has 1 aromatic carbocycles. The molecule has 0 saturated heterocycles. The maximum atomic E-state index is 12.2. The number of hydrogen-bond donors (Lipinski definition) is 2. The Labute approximate surface area is 123 Å². The summed E-state index contributed by atoms with van der Waals surface area (Å²) in [5.41, 5.74) is 1.76. The lowest BCUT2D eigenvalue weighted by atomic mass is 10.2. The molecule has 3 amide bonds. The third kappa shape index (κ3) is 3.04. The molecule has 0 bridgehead atoms. The van der Waals surface area contributed by atoms with E-state index in [1.165, 1.54) is 7.05 Å². The smallest absolute Gasteiger partial charge is 0.321 e. The summed E-state index contributed by atoms with van der Waals surface area (Å²) in [6.45, 7) is 3.84. The van der Waals surface area contributed by atoms with Crippen molar-refractivity contribution in [3.8, 4) is 0 Å². The Hall–Kier alpha value is -2.37. The average molecular weight is 288 g/mol. The average Bonchev–Trinajstić information content (AvgIpc) is 2.84. The van der Waals surface area contributed by atoms with Crippen molar-refractivity contribution < 1.29 is 9.59 Å². The van der Waals surface area contributed by atoms with E-state index in [0.717, 1.165) is 29.7 Å². The van der Waals surface area contributed by atoms with Crippen LogP contribution < -0.4 is 10.6 Å². The summed E-state index contributed by atoms with van der Waals surface area (Å²) in [4.78, 5) is 28.1. The van der Waals surface area contributed by atoms with E-state index in [9.17, 15) is 9.59 Å². The molecule has 1 unspecified atom stereocenters. The Morgan fingerprint density at radius 2 is 2.05 bits per heavy atom. The van der Waals surface area contributed by atoms with Crippen molar-refractivity contribution in [2.24, 2.45) is 0 Å². The van der Waals surface area contributed by atoms with Gasteiger partial charge in [-0.1, -0.05) is 19.1 Å². The second-order valence-electron chi connectivity index (χ2n) is 4.88. The molecule has 0 fully saturated rings. The number of para-hydroxylation sites is 2. The lowest BCUT2D eigenvalue weighted by Crippen LogP contribution is -2.41. The number of carbonyl (C=O) groups is 2. The van der Waals surface area contributed by atoms with Crippen molar-refractivity contribution in [1.82, 2.24) is 20.2 Å². The second-order valence-corrected chi connectivity index (χ2v) is 4.88. The van der Waals surface area contributed by atoms with Gasteiger partial charge in [-0.25, -0.2) is 9.78 Å². The molecule has 0 aliphatic heterocycles. The standard InChI is InChI=1S/C15H20N4O2/c1-4-7-13-17-11-8-5-6-9-12(11)19(13)10(2)14(20)18-15(21)16-3/h5-6,8-10H,4,7H2,1-3H3,(H2,16,18,20,21). The van der Waals surface area contributed by atoms with Gasteiger partial charge in [0.05, 0.1) is 11.0 Å². The van der Waals surface area contributed by atoms with Crippen LogP contribution in [0.25, 0.3) is 11.0 Å². The first-order valence-electron chi connectivity index (χ1n) is 7.06. The Bertz CT molecular complexity index is 663. The van der Waals surface area contributed by atoms with Crippen LogP contribution in [0.15, 0.2) is 24.3 Å². The summed E-state index contributed by atoms with van der Waals surface area (Å²) >= 11 is 0. The number of amides is 3. The van der Waals surface area contributed by atoms with Gasteiger partial charge in [0.25, 0.3) is 5.91 Å². The zero-order valence-electron chi connectivity index (χ0n) is 12.5. The van der Waals surface area contributed by atoms with Crippen LogP contribution in [-0.4, -0.2) is 28.5 Å². The van der Waals surface area contributed by atoms with E-state index in [4.69, 9.17) is 0 Å². The lowest BCUT2D eigenvalue weighted by molar-refractivity contribution is -0.122. The van der Waals surface area contributed by atoms with Gasteiger partial charge in [0.2, 0.25) is 0 Å². The third-order valence-corrected chi connectivity index (χ3v) is 3.37. The fourth-order valence-electron chi connectivity index (χ4n) is 2.32. The van der Waals surface area contributed by atoms with Crippen molar-refractivity contribution in [2.75, 3.05) is 7.05 Å². The molecule has 1 atom stereocenters. The molecule has 2 rings (SSSR count). The molecule has 1 heterocycles. The topological polar surface area (TPSA) is 76.0 Å². The molecule has 0 spiro atoms. The molecule has 21 heavy (non-hydrogen) atoms. The van der Waals surface area contributed by atoms with Gasteiger partial charge in [0.1, 0.15) is 11.9 Å². The minimum Gasteiger partial charge on any atom is -0.341 e. The summed E-state index contributed by atoms with van der Waals surface area (Å²) in [7, 11) is 1.47.